The van der Waals surface area contributed by atoms with E-state index in [9.17, 15) is 9.18 Å². The van der Waals surface area contributed by atoms with E-state index in [0.717, 1.165) is 15.7 Å². The number of hydrogen-bond acceptors (Lipinski definition) is 3. The number of esters is 1. The van der Waals surface area contributed by atoms with Gasteiger partial charge in [-0.05, 0) is 48.9 Å². The Morgan fingerprint density at radius 2 is 1.95 bits per heavy atom. The van der Waals surface area contributed by atoms with Crippen molar-refractivity contribution in [3.05, 3.63) is 63.9 Å². The molecule has 0 radical (unpaired) electrons. The Morgan fingerprint density at radius 1 is 1.24 bits per heavy atom. The average molecular weight is 352 g/mol. The van der Waals surface area contributed by atoms with Gasteiger partial charge < -0.3 is 10.1 Å². The van der Waals surface area contributed by atoms with Crippen molar-refractivity contribution in [1.82, 2.24) is 0 Å². The molecule has 2 rings (SSSR count). The molecule has 3 nitrogen and oxygen atoms in total. The monoisotopic (exact) mass is 351 g/mol. The highest BCUT2D eigenvalue weighted by Crippen LogP contribution is 2.19. The molecule has 0 aliphatic rings. The zero-order valence-electron chi connectivity index (χ0n) is 11.5. The summed E-state index contributed by atoms with van der Waals surface area (Å²) >= 11 is 3.33. The van der Waals surface area contributed by atoms with Gasteiger partial charge in [-0.25, -0.2) is 9.18 Å². The Balaban J connectivity index is 1.99. The Hall–Kier alpha value is -1.88. The van der Waals surface area contributed by atoms with E-state index in [1.807, 2.05) is 12.1 Å². The average Bonchev–Trinajstić information content (AvgIpc) is 2.47. The summed E-state index contributed by atoms with van der Waals surface area (Å²) in [5.41, 5.74) is 2.34. The lowest BCUT2D eigenvalue weighted by Gasteiger charge is -2.09. The molecule has 5 heteroatoms. The molecule has 1 N–H and O–H groups in total. The van der Waals surface area contributed by atoms with Gasteiger partial charge in [0, 0.05) is 16.7 Å². The van der Waals surface area contributed by atoms with Crippen molar-refractivity contribution >= 4 is 27.6 Å². The second-order valence-electron chi connectivity index (χ2n) is 4.39. The molecule has 0 saturated carbocycles. The van der Waals surface area contributed by atoms with E-state index in [4.69, 9.17) is 4.74 Å². The maximum Gasteiger partial charge on any atom is 0.338 e. The third-order valence-corrected chi connectivity index (χ3v) is 3.63. The third kappa shape index (κ3) is 4.29. The van der Waals surface area contributed by atoms with Gasteiger partial charge in [-0.3, -0.25) is 0 Å². The van der Waals surface area contributed by atoms with E-state index in [1.165, 1.54) is 12.1 Å². The number of hydrogen-bond donors (Lipinski definition) is 1. The van der Waals surface area contributed by atoms with Crippen molar-refractivity contribution in [1.29, 1.82) is 0 Å². The standard InChI is InChI=1S/C16H15BrFNO2/c1-2-21-16(20)11-4-7-14(8-5-11)19-10-12-3-6-13(18)9-15(12)17/h3-9,19H,2,10H2,1H3. The highest BCUT2D eigenvalue weighted by molar-refractivity contribution is 9.10. The zero-order chi connectivity index (χ0) is 15.2. The van der Waals surface area contributed by atoms with Crippen LogP contribution in [0.3, 0.4) is 0 Å². The lowest BCUT2D eigenvalue weighted by atomic mass is 10.2. The van der Waals surface area contributed by atoms with Gasteiger partial charge in [0.05, 0.1) is 12.2 Å². The van der Waals surface area contributed by atoms with Crippen molar-refractivity contribution in [2.45, 2.75) is 13.5 Å². The SMILES string of the molecule is CCOC(=O)c1ccc(NCc2ccc(F)cc2Br)cc1. The van der Waals surface area contributed by atoms with E-state index in [-0.39, 0.29) is 11.8 Å². The van der Waals surface area contributed by atoms with Gasteiger partial charge in [0.25, 0.3) is 0 Å². The van der Waals surface area contributed by atoms with Gasteiger partial charge in [0.2, 0.25) is 0 Å². The Morgan fingerprint density at radius 3 is 2.57 bits per heavy atom. The molecule has 110 valence electrons. The van der Waals surface area contributed by atoms with Crippen molar-refractivity contribution in [3.8, 4) is 0 Å². The Bertz CT molecular complexity index is 629. The molecule has 0 spiro atoms. The van der Waals surface area contributed by atoms with Crippen LogP contribution in [0.15, 0.2) is 46.9 Å². The molecule has 0 amide bonds. The molecular weight excluding hydrogens is 337 g/mol. The summed E-state index contributed by atoms with van der Waals surface area (Å²) in [5, 5.41) is 3.21. The molecule has 0 fully saturated rings. The maximum atomic E-state index is 13.0. The summed E-state index contributed by atoms with van der Waals surface area (Å²) in [7, 11) is 0. The molecule has 21 heavy (non-hydrogen) atoms. The number of benzene rings is 2. The minimum Gasteiger partial charge on any atom is -0.462 e. The number of carbonyl (C=O) groups is 1. The molecule has 0 unspecified atom stereocenters. The van der Waals surface area contributed by atoms with E-state index < -0.39 is 0 Å². The highest BCUT2D eigenvalue weighted by Gasteiger charge is 2.06. The van der Waals surface area contributed by atoms with Crippen molar-refractivity contribution in [2.24, 2.45) is 0 Å². The number of anilines is 1. The van der Waals surface area contributed by atoms with Crippen LogP contribution < -0.4 is 5.32 Å². The quantitative estimate of drug-likeness (QED) is 0.812. The fourth-order valence-electron chi connectivity index (χ4n) is 1.80. The fourth-order valence-corrected chi connectivity index (χ4v) is 2.29. The van der Waals surface area contributed by atoms with Crippen LogP contribution in [0.4, 0.5) is 10.1 Å². The lowest BCUT2D eigenvalue weighted by molar-refractivity contribution is 0.0526. The van der Waals surface area contributed by atoms with Gasteiger partial charge in [0.15, 0.2) is 0 Å². The topological polar surface area (TPSA) is 38.3 Å². The normalized spacial score (nSPS) is 10.2. The van der Waals surface area contributed by atoms with Crippen molar-refractivity contribution < 1.29 is 13.9 Å². The van der Waals surface area contributed by atoms with Crippen molar-refractivity contribution in [3.63, 3.8) is 0 Å². The second kappa shape index (κ2) is 7.22. The molecule has 0 atom stereocenters. The van der Waals surface area contributed by atoms with Crippen LogP contribution in [0.1, 0.15) is 22.8 Å². The van der Waals surface area contributed by atoms with Crippen LogP contribution in [-0.4, -0.2) is 12.6 Å². The zero-order valence-corrected chi connectivity index (χ0v) is 13.1. The first kappa shape index (κ1) is 15.5. The number of ether oxygens (including phenoxy) is 1. The number of rotatable bonds is 5. The number of nitrogens with one attached hydrogen (secondary N) is 1. The minimum absolute atomic E-state index is 0.274. The first-order valence-electron chi connectivity index (χ1n) is 6.55. The predicted molar refractivity (Wildman–Crippen MR) is 83.8 cm³/mol. The van der Waals surface area contributed by atoms with Gasteiger partial charge in [-0.15, -0.1) is 0 Å². The molecule has 0 aliphatic heterocycles. The van der Waals surface area contributed by atoms with Gasteiger partial charge >= 0.3 is 5.97 Å². The molecule has 0 heterocycles. The van der Waals surface area contributed by atoms with Gasteiger partial charge in [-0.2, -0.15) is 0 Å². The minimum atomic E-state index is -0.328. The molecule has 0 saturated heterocycles. The Kier molecular flexibility index (Phi) is 5.33. The fraction of sp³-hybridized carbons (Fsp3) is 0.188. The summed E-state index contributed by atoms with van der Waals surface area (Å²) in [4.78, 5) is 11.5. The van der Waals surface area contributed by atoms with Crippen LogP contribution >= 0.6 is 15.9 Å². The smallest absolute Gasteiger partial charge is 0.338 e. The molecule has 2 aromatic carbocycles. The lowest BCUT2D eigenvalue weighted by Crippen LogP contribution is -2.05. The van der Waals surface area contributed by atoms with Crippen LogP contribution in [0.2, 0.25) is 0 Å². The molecular formula is C16H15BrFNO2. The summed E-state index contributed by atoms with van der Waals surface area (Å²) in [6.45, 7) is 2.69. The Labute approximate surface area is 131 Å². The third-order valence-electron chi connectivity index (χ3n) is 2.89. The second-order valence-corrected chi connectivity index (χ2v) is 5.24. The summed E-state index contributed by atoms with van der Waals surface area (Å²) in [5.74, 6) is -0.602. The van der Waals surface area contributed by atoms with Crippen LogP contribution in [0, 0.1) is 5.82 Å². The van der Waals surface area contributed by atoms with Crippen LogP contribution in [0.5, 0.6) is 0 Å². The molecule has 0 aliphatic carbocycles. The molecule has 0 bridgehead atoms. The summed E-state index contributed by atoms with van der Waals surface area (Å²) in [6.07, 6.45) is 0. The number of halogens is 2. The molecule has 0 aromatic heterocycles. The summed E-state index contributed by atoms with van der Waals surface area (Å²) < 4.78 is 18.6. The first-order chi connectivity index (χ1) is 10.1. The predicted octanol–water partition coefficient (Wildman–Crippen LogP) is 4.38. The maximum absolute atomic E-state index is 13.0. The largest absolute Gasteiger partial charge is 0.462 e. The van der Waals surface area contributed by atoms with Gasteiger partial charge in [0.1, 0.15) is 5.82 Å². The van der Waals surface area contributed by atoms with Crippen molar-refractivity contribution in [2.75, 3.05) is 11.9 Å². The number of carbonyl (C=O) groups excluding carboxylic acids is 1. The molecule has 2 aromatic rings. The van der Waals surface area contributed by atoms with E-state index >= 15 is 0 Å². The highest BCUT2D eigenvalue weighted by atomic mass is 79.9. The van der Waals surface area contributed by atoms with E-state index in [2.05, 4.69) is 21.2 Å². The van der Waals surface area contributed by atoms with Crippen LogP contribution in [0.25, 0.3) is 0 Å². The van der Waals surface area contributed by atoms with Crippen LogP contribution in [-0.2, 0) is 11.3 Å². The first-order valence-corrected chi connectivity index (χ1v) is 7.34. The van der Waals surface area contributed by atoms with E-state index in [1.54, 1.807) is 25.1 Å². The summed E-state index contributed by atoms with van der Waals surface area (Å²) in [6, 6.07) is 11.6. The van der Waals surface area contributed by atoms with Gasteiger partial charge in [-0.1, -0.05) is 22.0 Å². The van der Waals surface area contributed by atoms with E-state index in [0.29, 0.717) is 18.7 Å².